The number of hydrogen-bond donors (Lipinski definition) is 0. The summed E-state index contributed by atoms with van der Waals surface area (Å²) in [6, 6.07) is 9.80. The number of ether oxygens (including phenoxy) is 1. The van der Waals surface area contributed by atoms with Gasteiger partial charge in [0.25, 0.3) is 10.1 Å². The second-order valence-electron chi connectivity index (χ2n) is 4.25. The Morgan fingerprint density at radius 3 is 2.35 bits per heavy atom. The van der Waals surface area contributed by atoms with E-state index in [1.54, 1.807) is 0 Å². The predicted molar refractivity (Wildman–Crippen MR) is 64.0 cm³/mol. The normalized spacial score (nSPS) is 24.3. The van der Waals surface area contributed by atoms with Crippen LogP contribution in [0.2, 0.25) is 0 Å². The molecule has 1 saturated carbocycles. The lowest BCUT2D eigenvalue weighted by molar-refractivity contribution is -0.0889. The van der Waals surface area contributed by atoms with Crippen LogP contribution in [-0.4, -0.2) is 26.9 Å². The molecule has 1 fully saturated rings. The van der Waals surface area contributed by atoms with E-state index in [9.17, 15) is 8.42 Å². The van der Waals surface area contributed by atoms with E-state index >= 15 is 0 Å². The molecule has 5 heteroatoms. The van der Waals surface area contributed by atoms with Gasteiger partial charge in [-0.15, -0.1) is 0 Å². The molecular formula is C12H16O4S. The van der Waals surface area contributed by atoms with Gasteiger partial charge >= 0.3 is 0 Å². The van der Waals surface area contributed by atoms with Crippen molar-refractivity contribution < 1.29 is 17.3 Å². The van der Waals surface area contributed by atoms with E-state index in [1.807, 2.05) is 30.3 Å². The topological polar surface area (TPSA) is 52.6 Å². The summed E-state index contributed by atoms with van der Waals surface area (Å²) >= 11 is 0. The molecule has 2 rings (SSSR count). The van der Waals surface area contributed by atoms with Gasteiger partial charge in [0.1, 0.15) is 6.10 Å². The summed E-state index contributed by atoms with van der Waals surface area (Å²) in [6.45, 7) is 0.495. The van der Waals surface area contributed by atoms with Crippen LogP contribution in [0.25, 0.3) is 0 Å². The molecule has 94 valence electrons. The first-order valence-corrected chi connectivity index (χ1v) is 7.40. The Labute approximate surface area is 102 Å². The maximum atomic E-state index is 11.0. The van der Waals surface area contributed by atoms with Gasteiger partial charge in [-0.25, -0.2) is 0 Å². The zero-order valence-corrected chi connectivity index (χ0v) is 10.5. The van der Waals surface area contributed by atoms with Crippen LogP contribution in [0.4, 0.5) is 0 Å². The van der Waals surface area contributed by atoms with E-state index in [0.717, 1.165) is 24.7 Å². The molecule has 0 saturated heterocycles. The largest absolute Gasteiger partial charge is 0.371 e. The van der Waals surface area contributed by atoms with Crippen LogP contribution < -0.4 is 0 Å². The SMILES string of the molecule is CS(=O)(=O)O[C@H]1CC[C@H]1OCc1ccccc1. The number of benzene rings is 1. The van der Waals surface area contributed by atoms with Gasteiger partial charge in [-0.3, -0.25) is 4.18 Å². The fourth-order valence-corrected chi connectivity index (χ4v) is 2.41. The van der Waals surface area contributed by atoms with Crippen LogP contribution in [0.1, 0.15) is 18.4 Å². The average molecular weight is 256 g/mol. The van der Waals surface area contributed by atoms with E-state index in [-0.39, 0.29) is 12.2 Å². The van der Waals surface area contributed by atoms with E-state index in [1.165, 1.54) is 0 Å². The molecule has 0 aromatic heterocycles. The molecule has 0 heterocycles. The highest BCUT2D eigenvalue weighted by molar-refractivity contribution is 7.86. The first kappa shape index (κ1) is 12.5. The van der Waals surface area contributed by atoms with Crippen molar-refractivity contribution in [2.24, 2.45) is 0 Å². The summed E-state index contributed by atoms with van der Waals surface area (Å²) in [4.78, 5) is 0. The fourth-order valence-electron chi connectivity index (χ4n) is 1.74. The summed E-state index contributed by atoms with van der Waals surface area (Å²) in [6.07, 6.45) is 2.25. The highest BCUT2D eigenvalue weighted by Gasteiger charge is 2.35. The van der Waals surface area contributed by atoms with Crippen molar-refractivity contribution in [2.75, 3.05) is 6.26 Å². The molecule has 4 nitrogen and oxygen atoms in total. The smallest absolute Gasteiger partial charge is 0.264 e. The second-order valence-corrected chi connectivity index (χ2v) is 5.85. The Hall–Kier alpha value is -0.910. The molecule has 0 N–H and O–H groups in total. The minimum atomic E-state index is -3.38. The molecule has 0 radical (unpaired) electrons. The zero-order valence-electron chi connectivity index (χ0n) is 9.70. The number of hydrogen-bond acceptors (Lipinski definition) is 4. The zero-order chi connectivity index (χ0) is 12.3. The molecule has 1 aliphatic carbocycles. The van der Waals surface area contributed by atoms with Crippen molar-refractivity contribution in [3.8, 4) is 0 Å². The van der Waals surface area contributed by atoms with Crippen LogP contribution in [0.15, 0.2) is 30.3 Å². The van der Waals surface area contributed by atoms with Crippen molar-refractivity contribution in [1.82, 2.24) is 0 Å². The quantitative estimate of drug-likeness (QED) is 0.753. The van der Waals surface area contributed by atoms with Crippen LogP contribution in [0.5, 0.6) is 0 Å². The minimum absolute atomic E-state index is 0.107. The van der Waals surface area contributed by atoms with Crippen molar-refractivity contribution in [3.63, 3.8) is 0 Å². The lowest BCUT2D eigenvalue weighted by atomic mass is 9.92. The van der Waals surface area contributed by atoms with Crippen molar-refractivity contribution in [3.05, 3.63) is 35.9 Å². The molecule has 1 aromatic carbocycles. The molecule has 0 aliphatic heterocycles. The maximum Gasteiger partial charge on any atom is 0.264 e. The summed E-state index contributed by atoms with van der Waals surface area (Å²) < 4.78 is 32.5. The second kappa shape index (κ2) is 5.16. The highest BCUT2D eigenvalue weighted by atomic mass is 32.2. The Balaban J connectivity index is 1.81. The lowest BCUT2D eigenvalue weighted by Crippen LogP contribution is -2.42. The Morgan fingerprint density at radius 1 is 1.18 bits per heavy atom. The summed E-state index contributed by atoms with van der Waals surface area (Å²) in [5.41, 5.74) is 1.08. The highest BCUT2D eigenvalue weighted by Crippen LogP contribution is 2.28. The van der Waals surface area contributed by atoms with E-state index in [4.69, 9.17) is 8.92 Å². The Morgan fingerprint density at radius 2 is 1.82 bits per heavy atom. The van der Waals surface area contributed by atoms with Gasteiger partial charge in [0.15, 0.2) is 0 Å². The van der Waals surface area contributed by atoms with Gasteiger partial charge < -0.3 is 4.74 Å². The summed E-state index contributed by atoms with van der Waals surface area (Å²) in [5, 5.41) is 0. The van der Waals surface area contributed by atoms with Gasteiger partial charge in [-0.2, -0.15) is 8.42 Å². The van der Waals surface area contributed by atoms with Gasteiger partial charge in [0, 0.05) is 0 Å². The molecule has 0 unspecified atom stereocenters. The Bertz CT molecular complexity index is 455. The summed E-state index contributed by atoms with van der Waals surface area (Å²) in [7, 11) is -3.38. The molecule has 17 heavy (non-hydrogen) atoms. The van der Waals surface area contributed by atoms with Gasteiger partial charge in [0.2, 0.25) is 0 Å². The third-order valence-electron chi connectivity index (χ3n) is 2.76. The van der Waals surface area contributed by atoms with E-state index < -0.39 is 10.1 Å². The monoisotopic (exact) mass is 256 g/mol. The minimum Gasteiger partial charge on any atom is -0.371 e. The van der Waals surface area contributed by atoms with Crippen molar-refractivity contribution in [2.45, 2.75) is 31.7 Å². The molecule has 0 spiro atoms. The third-order valence-corrected chi connectivity index (χ3v) is 3.35. The first-order chi connectivity index (χ1) is 8.04. The Kier molecular flexibility index (Phi) is 3.81. The van der Waals surface area contributed by atoms with Gasteiger partial charge in [0.05, 0.1) is 19.0 Å². The predicted octanol–water partition coefficient (Wildman–Crippen LogP) is 1.71. The number of rotatable bonds is 5. The molecule has 0 amide bonds. The van der Waals surface area contributed by atoms with Crippen molar-refractivity contribution >= 4 is 10.1 Å². The third kappa shape index (κ3) is 3.80. The average Bonchev–Trinajstić information content (AvgIpc) is 2.25. The molecule has 1 aliphatic rings. The van der Waals surface area contributed by atoms with Gasteiger partial charge in [-0.1, -0.05) is 30.3 Å². The maximum absolute atomic E-state index is 11.0. The van der Waals surface area contributed by atoms with E-state index in [2.05, 4.69) is 0 Å². The van der Waals surface area contributed by atoms with Crippen LogP contribution >= 0.6 is 0 Å². The molecular weight excluding hydrogens is 240 g/mol. The van der Waals surface area contributed by atoms with Crippen LogP contribution in [-0.2, 0) is 25.6 Å². The lowest BCUT2D eigenvalue weighted by Gasteiger charge is -2.34. The molecule has 0 bridgehead atoms. The standard InChI is InChI=1S/C12H16O4S/c1-17(13,14)16-12-8-7-11(12)15-9-10-5-3-2-4-6-10/h2-6,11-12H,7-9H2,1H3/t11-,12+/m1/s1. The summed E-state index contributed by atoms with van der Waals surface area (Å²) in [5.74, 6) is 0. The van der Waals surface area contributed by atoms with Gasteiger partial charge in [-0.05, 0) is 18.4 Å². The van der Waals surface area contributed by atoms with Crippen LogP contribution in [0, 0.1) is 0 Å². The first-order valence-electron chi connectivity index (χ1n) is 5.58. The molecule has 2 atom stereocenters. The van der Waals surface area contributed by atoms with Crippen molar-refractivity contribution in [1.29, 1.82) is 0 Å². The van der Waals surface area contributed by atoms with Crippen LogP contribution in [0.3, 0.4) is 0 Å². The molecule has 1 aromatic rings. The van der Waals surface area contributed by atoms with E-state index in [0.29, 0.717) is 6.61 Å². The fraction of sp³-hybridized carbons (Fsp3) is 0.500.